The number of ether oxygens (including phenoxy) is 1. The Kier molecular flexibility index (Phi) is 4.49. The molecule has 1 saturated heterocycles. The lowest BCUT2D eigenvalue weighted by molar-refractivity contribution is -0.160. The van der Waals surface area contributed by atoms with Gasteiger partial charge >= 0.3 is 0 Å². The lowest BCUT2D eigenvalue weighted by Crippen LogP contribution is -2.61. The van der Waals surface area contributed by atoms with Crippen LogP contribution in [0.1, 0.15) is 72.6 Å². The highest BCUT2D eigenvalue weighted by Gasteiger charge is 2.63. The van der Waals surface area contributed by atoms with Gasteiger partial charge in [0.2, 0.25) is 5.91 Å². The minimum absolute atomic E-state index is 0.334. The highest BCUT2D eigenvalue weighted by molar-refractivity contribution is 5.77. The average molecular weight is 362 g/mol. The van der Waals surface area contributed by atoms with Gasteiger partial charge in [-0.3, -0.25) is 4.79 Å². The monoisotopic (exact) mass is 361 g/mol. The zero-order valence-corrected chi connectivity index (χ0v) is 17.8. The zero-order valence-electron chi connectivity index (χ0n) is 17.8. The Morgan fingerprint density at radius 1 is 1.12 bits per heavy atom. The summed E-state index contributed by atoms with van der Waals surface area (Å²) in [6.07, 6.45) is 8.85. The summed E-state index contributed by atoms with van der Waals surface area (Å²) >= 11 is 0. The van der Waals surface area contributed by atoms with Gasteiger partial charge in [0.1, 0.15) is 0 Å². The minimum Gasteiger partial charge on any atom is -0.381 e. The van der Waals surface area contributed by atoms with Crippen LogP contribution in [0, 0.1) is 40.4 Å². The molecule has 5 unspecified atom stereocenters. The van der Waals surface area contributed by atoms with E-state index in [1.165, 1.54) is 32.1 Å². The molecule has 3 saturated carbocycles. The number of rotatable bonds is 2. The first-order valence-corrected chi connectivity index (χ1v) is 11.0. The zero-order chi connectivity index (χ0) is 18.9. The third-order valence-electron chi connectivity index (χ3n) is 9.87. The van der Waals surface area contributed by atoms with Crippen LogP contribution in [0.3, 0.4) is 0 Å². The maximum Gasteiger partial charge on any atom is 0.222 e. The molecular formula is C23H39NO2. The minimum atomic E-state index is 0.334. The van der Waals surface area contributed by atoms with Crippen LogP contribution < -0.4 is 0 Å². The van der Waals surface area contributed by atoms with Crippen molar-refractivity contribution >= 4 is 5.91 Å². The van der Waals surface area contributed by atoms with E-state index < -0.39 is 0 Å². The van der Waals surface area contributed by atoms with Crippen molar-refractivity contribution in [3.63, 3.8) is 0 Å². The van der Waals surface area contributed by atoms with Crippen LogP contribution in [-0.4, -0.2) is 37.1 Å². The average Bonchev–Trinajstić information content (AvgIpc) is 2.88. The Morgan fingerprint density at radius 2 is 1.85 bits per heavy atom. The van der Waals surface area contributed by atoms with E-state index in [0.717, 1.165) is 36.5 Å². The topological polar surface area (TPSA) is 29.5 Å². The van der Waals surface area contributed by atoms with Crippen LogP contribution in [0.25, 0.3) is 0 Å². The molecule has 0 N–H and O–H groups in total. The van der Waals surface area contributed by atoms with Crippen molar-refractivity contribution in [1.29, 1.82) is 0 Å². The van der Waals surface area contributed by atoms with Gasteiger partial charge in [-0.1, -0.05) is 20.8 Å². The van der Waals surface area contributed by atoms with E-state index in [1.54, 1.807) is 0 Å². The number of likely N-dealkylation sites (tertiary alicyclic amines) is 1. The molecule has 0 spiro atoms. The molecule has 1 amide bonds. The summed E-state index contributed by atoms with van der Waals surface area (Å²) in [4.78, 5) is 14.4. The van der Waals surface area contributed by atoms with Crippen LogP contribution in [0.5, 0.6) is 0 Å². The molecule has 9 atom stereocenters. The Morgan fingerprint density at radius 3 is 2.54 bits per heavy atom. The Bertz CT molecular complexity index is 577. The van der Waals surface area contributed by atoms with Crippen LogP contribution in [-0.2, 0) is 9.53 Å². The van der Waals surface area contributed by atoms with Gasteiger partial charge in [0.25, 0.3) is 0 Å². The van der Waals surface area contributed by atoms with Gasteiger partial charge in [0.05, 0.1) is 6.10 Å². The third kappa shape index (κ3) is 2.38. The molecular weight excluding hydrogens is 322 g/mol. The molecule has 0 bridgehead atoms. The van der Waals surface area contributed by atoms with Crippen LogP contribution >= 0.6 is 0 Å². The standard InChI is InChI=1S/C23H39NO2/c1-14-13-18-16-7-8-19-22(3,12-10-20(25)24(19)5)17(16)9-11-23(18,4)21(14)15(2)26-6/h14-19,21H,7-13H2,1-6H3/t14-,15+,16?,17?,18?,19+,21+,22?,23?/m0/s1. The van der Waals surface area contributed by atoms with E-state index in [-0.39, 0.29) is 0 Å². The highest BCUT2D eigenvalue weighted by atomic mass is 16.5. The number of hydrogen-bond acceptors (Lipinski definition) is 2. The van der Waals surface area contributed by atoms with Gasteiger partial charge in [-0.25, -0.2) is 0 Å². The molecule has 3 nitrogen and oxygen atoms in total. The van der Waals surface area contributed by atoms with Gasteiger partial charge in [-0.2, -0.15) is 0 Å². The van der Waals surface area contributed by atoms with Gasteiger partial charge < -0.3 is 9.64 Å². The summed E-state index contributed by atoms with van der Waals surface area (Å²) in [5.74, 6) is 4.33. The van der Waals surface area contributed by atoms with Crippen LogP contribution in [0.15, 0.2) is 0 Å². The Balaban J connectivity index is 1.64. The number of carbonyl (C=O) groups excluding carboxylic acids is 1. The number of methoxy groups -OCH3 is 1. The molecule has 0 radical (unpaired) electrons. The third-order valence-corrected chi connectivity index (χ3v) is 9.87. The van der Waals surface area contributed by atoms with Crippen LogP contribution in [0.4, 0.5) is 0 Å². The molecule has 4 fully saturated rings. The number of hydrogen-bond donors (Lipinski definition) is 0. The van der Waals surface area contributed by atoms with Crippen molar-refractivity contribution in [2.45, 2.75) is 84.8 Å². The number of carbonyl (C=O) groups is 1. The smallest absolute Gasteiger partial charge is 0.222 e. The fourth-order valence-corrected chi connectivity index (χ4v) is 8.70. The fraction of sp³-hybridized carbons (Fsp3) is 0.957. The molecule has 0 aromatic rings. The second kappa shape index (κ2) is 6.22. The number of nitrogens with zero attached hydrogens (tertiary/aromatic N) is 1. The SMILES string of the molecule is CO[C@H](C)[C@H]1[C@@H](C)CC2C3CC[C@H]4N(C)C(=O)CCC4(C)C3CCC21C. The van der Waals surface area contributed by atoms with E-state index in [0.29, 0.717) is 34.8 Å². The second-order valence-corrected chi connectivity index (χ2v) is 10.7. The summed E-state index contributed by atoms with van der Waals surface area (Å²) in [6.45, 7) is 9.87. The molecule has 0 aromatic heterocycles. The van der Waals surface area contributed by atoms with Gasteiger partial charge in [-0.15, -0.1) is 0 Å². The van der Waals surface area contributed by atoms with Gasteiger partial charge in [0, 0.05) is 26.6 Å². The quantitative estimate of drug-likeness (QED) is 0.710. The molecule has 3 aliphatic carbocycles. The Labute approximate surface area is 160 Å². The van der Waals surface area contributed by atoms with Crippen LogP contribution in [0.2, 0.25) is 0 Å². The summed E-state index contributed by atoms with van der Waals surface area (Å²) in [5.41, 5.74) is 0.775. The Hall–Kier alpha value is -0.570. The molecule has 1 heterocycles. The maximum atomic E-state index is 12.3. The molecule has 3 heteroatoms. The highest BCUT2D eigenvalue weighted by Crippen LogP contribution is 2.67. The first-order valence-electron chi connectivity index (χ1n) is 11.0. The van der Waals surface area contributed by atoms with E-state index in [4.69, 9.17) is 4.74 Å². The van der Waals surface area contributed by atoms with E-state index in [1.807, 2.05) is 7.11 Å². The van der Waals surface area contributed by atoms with Crippen molar-refractivity contribution in [2.24, 2.45) is 40.4 Å². The first-order chi connectivity index (χ1) is 12.2. The van der Waals surface area contributed by atoms with E-state index in [9.17, 15) is 4.79 Å². The largest absolute Gasteiger partial charge is 0.381 e. The molecule has 148 valence electrons. The van der Waals surface area contributed by atoms with Crippen molar-refractivity contribution in [3.8, 4) is 0 Å². The predicted molar refractivity (Wildman–Crippen MR) is 105 cm³/mol. The van der Waals surface area contributed by atoms with Gasteiger partial charge in [-0.05, 0) is 85.9 Å². The lowest BCUT2D eigenvalue weighted by atomic mass is 9.46. The van der Waals surface area contributed by atoms with Crippen molar-refractivity contribution in [3.05, 3.63) is 0 Å². The van der Waals surface area contributed by atoms with Gasteiger partial charge in [0.15, 0.2) is 0 Å². The number of piperidine rings is 1. The summed E-state index contributed by atoms with van der Waals surface area (Å²) < 4.78 is 5.84. The summed E-state index contributed by atoms with van der Waals surface area (Å²) in [7, 11) is 3.95. The fourth-order valence-electron chi connectivity index (χ4n) is 8.70. The number of fused-ring (bicyclic) bond motifs is 5. The van der Waals surface area contributed by atoms with Crippen molar-refractivity contribution < 1.29 is 9.53 Å². The second-order valence-electron chi connectivity index (χ2n) is 10.7. The van der Waals surface area contributed by atoms with Crippen molar-refractivity contribution in [2.75, 3.05) is 14.2 Å². The summed E-state index contributed by atoms with van der Waals surface area (Å²) in [5, 5.41) is 0. The normalized spacial score (nSPS) is 52.2. The first kappa shape index (κ1) is 18.8. The van der Waals surface area contributed by atoms with E-state index >= 15 is 0 Å². The molecule has 1 aliphatic heterocycles. The lowest BCUT2D eigenvalue weighted by Gasteiger charge is -2.62. The van der Waals surface area contributed by atoms with Crippen molar-refractivity contribution in [1.82, 2.24) is 4.90 Å². The molecule has 0 aromatic carbocycles. The molecule has 4 rings (SSSR count). The maximum absolute atomic E-state index is 12.3. The molecule has 26 heavy (non-hydrogen) atoms. The predicted octanol–water partition coefficient (Wildman–Crippen LogP) is 4.75. The van der Waals surface area contributed by atoms with E-state index in [2.05, 4.69) is 39.6 Å². The molecule has 4 aliphatic rings. The summed E-state index contributed by atoms with van der Waals surface area (Å²) in [6, 6.07) is 0.474. The number of amides is 1.